The van der Waals surface area contributed by atoms with Gasteiger partial charge in [0.25, 0.3) is 0 Å². The molecule has 0 saturated heterocycles. The third kappa shape index (κ3) is 1.40. The molecule has 2 aromatic rings. The molecule has 2 aromatic carbocycles. The van der Waals surface area contributed by atoms with Gasteiger partial charge in [0.2, 0.25) is 0 Å². The SMILES string of the molecule is C1=CNC=c2cc3ccccc3cc2=N1. The molecule has 2 nitrogen and oxygen atoms in total. The maximum Gasteiger partial charge on any atom is 0.0723 e. The summed E-state index contributed by atoms with van der Waals surface area (Å²) in [5.74, 6) is 0. The smallest absolute Gasteiger partial charge is 0.0723 e. The van der Waals surface area contributed by atoms with Gasteiger partial charge in [0.15, 0.2) is 0 Å². The molecule has 1 heterocycles. The van der Waals surface area contributed by atoms with Gasteiger partial charge < -0.3 is 5.32 Å². The molecule has 0 atom stereocenters. The Kier molecular flexibility index (Phi) is 1.78. The molecule has 15 heavy (non-hydrogen) atoms. The summed E-state index contributed by atoms with van der Waals surface area (Å²) in [6.45, 7) is 0. The topological polar surface area (TPSA) is 24.4 Å². The van der Waals surface area contributed by atoms with E-state index in [4.69, 9.17) is 0 Å². The Bertz CT molecular complexity index is 654. The molecule has 0 radical (unpaired) electrons. The van der Waals surface area contributed by atoms with E-state index in [1.54, 1.807) is 6.20 Å². The van der Waals surface area contributed by atoms with E-state index in [1.165, 1.54) is 10.8 Å². The lowest BCUT2D eigenvalue weighted by Gasteiger charge is -1.96. The van der Waals surface area contributed by atoms with Crippen LogP contribution in [0.5, 0.6) is 0 Å². The molecule has 0 fully saturated rings. The van der Waals surface area contributed by atoms with Crippen LogP contribution in [0, 0.1) is 0 Å². The zero-order valence-corrected chi connectivity index (χ0v) is 8.14. The third-order valence-corrected chi connectivity index (χ3v) is 2.52. The van der Waals surface area contributed by atoms with E-state index in [9.17, 15) is 0 Å². The van der Waals surface area contributed by atoms with Crippen molar-refractivity contribution in [2.75, 3.05) is 0 Å². The maximum absolute atomic E-state index is 4.36. The van der Waals surface area contributed by atoms with Crippen LogP contribution in [0.4, 0.5) is 0 Å². The van der Waals surface area contributed by atoms with Crippen LogP contribution in [0.2, 0.25) is 0 Å². The normalized spacial score (nSPS) is 13.3. The summed E-state index contributed by atoms with van der Waals surface area (Å²) in [6, 6.07) is 12.6. The molecule has 3 rings (SSSR count). The van der Waals surface area contributed by atoms with Gasteiger partial charge in [-0.25, -0.2) is 0 Å². The molecule has 72 valence electrons. The van der Waals surface area contributed by atoms with E-state index in [-0.39, 0.29) is 0 Å². The van der Waals surface area contributed by atoms with Crippen molar-refractivity contribution in [3.05, 3.63) is 59.4 Å². The van der Waals surface area contributed by atoms with Crippen LogP contribution in [0.15, 0.2) is 53.8 Å². The number of fused-ring (bicyclic) bond motifs is 2. The van der Waals surface area contributed by atoms with Crippen molar-refractivity contribution in [1.82, 2.24) is 5.32 Å². The Hall–Kier alpha value is -2.09. The summed E-state index contributed by atoms with van der Waals surface area (Å²) in [5.41, 5.74) is 0. The second-order valence-corrected chi connectivity index (χ2v) is 3.51. The predicted molar refractivity (Wildman–Crippen MR) is 61.5 cm³/mol. The maximum atomic E-state index is 4.36. The lowest BCUT2D eigenvalue weighted by Crippen LogP contribution is -2.25. The van der Waals surface area contributed by atoms with Gasteiger partial charge in [-0.1, -0.05) is 24.3 Å². The Balaban J connectivity index is 2.48. The van der Waals surface area contributed by atoms with Crippen LogP contribution in [0.25, 0.3) is 17.0 Å². The molecule has 2 heteroatoms. The molecule has 0 bridgehead atoms. The van der Waals surface area contributed by atoms with Crippen molar-refractivity contribution in [1.29, 1.82) is 0 Å². The number of hydrogen-bond donors (Lipinski definition) is 1. The monoisotopic (exact) mass is 194 g/mol. The van der Waals surface area contributed by atoms with Crippen LogP contribution >= 0.6 is 0 Å². The molecule has 0 amide bonds. The lowest BCUT2D eigenvalue weighted by molar-refractivity contribution is 1.27. The van der Waals surface area contributed by atoms with Gasteiger partial charge in [-0.3, -0.25) is 4.99 Å². The van der Waals surface area contributed by atoms with Gasteiger partial charge in [0.1, 0.15) is 0 Å². The quantitative estimate of drug-likeness (QED) is 0.671. The molecular weight excluding hydrogens is 184 g/mol. The summed E-state index contributed by atoms with van der Waals surface area (Å²) in [6.07, 6.45) is 5.57. The molecule has 0 unspecified atom stereocenters. The second kappa shape index (κ2) is 3.24. The van der Waals surface area contributed by atoms with E-state index in [1.807, 2.05) is 24.5 Å². The van der Waals surface area contributed by atoms with E-state index >= 15 is 0 Å². The fourth-order valence-corrected chi connectivity index (χ4v) is 1.77. The van der Waals surface area contributed by atoms with Crippen LogP contribution in [0.1, 0.15) is 0 Å². The predicted octanol–water partition coefficient (Wildman–Crippen LogP) is 1.27. The molecule has 1 aliphatic heterocycles. The lowest BCUT2D eigenvalue weighted by atomic mass is 10.1. The molecular formula is C13H10N2. The molecule has 1 N–H and O–H groups in total. The largest absolute Gasteiger partial charge is 0.366 e. The first-order valence-electron chi connectivity index (χ1n) is 4.91. The Morgan fingerprint density at radius 3 is 2.67 bits per heavy atom. The van der Waals surface area contributed by atoms with Gasteiger partial charge in [-0.2, -0.15) is 0 Å². The van der Waals surface area contributed by atoms with Gasteiger partial charge in [0.05, 0.1) is 5.36 Å². The third-order valence-electron chi connectivity index (χ3n) is 2.52. The highest BCUT2D eigenvalue weighted by molar-refractivity contribution is 5.82. The van der Waals surface area contributed by atoms with Gasteiger partial charge in [-0.05, 0) is 22.9 Å². The highest BCUT2D eigenvalue weighted by Crippen LogP contribution is 2.07. The standard InChI is InChI=1S/C13H10N2/c1-2-4-11-8-13-12(7-10(11)3-1)9-14-5-6-15-13/h1-9,14H. The first-order chi connectivity index (χ1) is 7.43. The van der Waals surface area contributed by atoms with Crippen LogP contribution in [-0.4, -0.2) is 0 Å². The Morgan fingerprint density at radius 2 is 1.80 bits per heavy atom. The molecule has 0 saturated carbocycles. The minimum atomic E-state index is 1.01. The highest BCUT2D eigenvalue weighted by atomic mass is 14.8. The number of nitrogens with zero attached hydrogens (tertiary/aromatic N) is 1. The van der Waals surface area contributed by atoms with E-state index < -0.39 is 0 Å². The highest BCUT2D eigenvalue weighted by Gasteiger charge is 1.94. The van der Waals surface area contributed by atoms with Gasteiger partial charge >= 0.3 is 0 Å². The summed E-state index contributed by atoms with van der Waals surface area (Å²) < 4.78 is 0. The summed E-state index contributed by atoms with van der Waals surface area (Å²) in [5, 5.41) is 7.67. The second-order valence-electron chi connectivity index (χ2n) is 3.51. The average Bonchev–Trinajstić information content (AvgIpc) is 2.50. The Labute approximate surface area is 87.3 Å². The van der Waals surface area contributed by atoms with Crippen molar-refractivity contribution in [3.8, 4) is 0 Å². The summed E-state index contributed by atoms with van der Waals surface area (Å²) in [7, 11) is 0. The molecule has 0 aliphatic carbocycles. The van der Waals surface area contributed by atoms with Crippen molar-refractivity contribution < 1.29 is 0 Å². The average molecular weight is 194 g/mol. The summed E-state index contributed by atoms with van der Waals surface area (Å²) in [4.78, 5) is 4.36. The minimum Gasteiger partial charge on any atom is -0.366 e. The fraction of sp³-hybridized carbons (Fsp3) is 0. The van der Waals surface area contributed by atoms with Crippen molar-refractivity contribution >= 4 is 17.0 Å². The van der Waals surface area contributed by atoms with Gasteiger partial charge in [-0.15, -0.1) is 0 Å². The van der Waals surface area contributed by atoms with Crippen LogP contribution < -0.4 is 15.9 Å². The fourth-order valence-electron chi connectivity index (χ4n) is 1.77. The molecule has 0 spiro atoms. The van der Waals surface area contributed by atoms with Crippen LogP contribution in [-0.2, 0) is 0 Å². The molecule has 0 aromatic heterocycles. The van der Waals surface area contributed by atoms with Gasteiger partial charge in [0, 0.05) is 23.8 Å². The van der Waals surface area contributed by atoms with Crippen molar-refractivity contribution in [2.45, 2.75) is 0 Å². The number of benzene rings is 2. The molecule has 1 aliphatic rings. The number of nitrogens with one attached hydrogen (secondary N) is 1. The van der Waals surface area contributed by atoms with E-state index in [0.29, 0.717) is 0 Å². The first kappa shape index (κ1) is 8.24. The Morgan fingerprint density at radius 1 is 1.00 bits per heavy atom. The number of hydrogen-bond acceptors (Lipinski definition) is 2. The summed E-state index contributed by atoms with van der Waals surface area (Å²) >= 11 is 0. The van der Waals surface area contributed by atoms with Crippen molar-refractivity contribution in [3.63, 3.8) is 0 Å². The number of rotatable bonds is 0. The zero-order valence-electron chi connectivity index (χ0n) is 8.14. The van der Waals surface area contributed by atoms with E-state index in [0.717, 1.165) is 10.6 Å². The van der Waals surface area contributed by atoms with E-state index in [2.05, 4.69) is 34.6 Å². The van der Waals surface area contributed by atoms with Crippen LogP contribution in [0.3, 0.4) is 0 Å². The van der Waals surface area contributed by atoms with Crippen molar-refractivity contribution in [2.24, 2.45) is 4.99 Å². The zero-order chi connectivity index (χ0) is 10.1. The minimum absolute atomic E-state index is 1.01. The first-order valence-corrected chi connectivity index (χ1v) is 4.91.